The number of aliphatic imine (C=N–C) groups is 1. The largest absolute Gasteiger partial charge is 0.400 e. The van der Waals surface area contributed by atoms with Gasteiger partial charge in [0.2, 0.25) is 0 Å². The number of ether oxygens (including phenoxy) is 2. The molecule has 4 spiro atoms. The monoisotopic (exact) mass is 970 g/mol. The Labute approximate surface area is 414 Å². The number of carbonyl (C=O) groups is 2. The number of benzene rings is 2. The van der Waals surface area contributed by atoms with Crippen molar-refractivity contribution in [3.05, 3.63) is 130 Å². The van der Waals surface area contributed by atoms with Gasteiger partial charge in [-0.25, -0.2) is 40.5 Å². The van der Waals surface area contributed by atoms with E-state index in [-0.39, 0.29) is 48.5 Å². The lowest BCUT2D eigenvalue weighted by Gasteiger charge is -2.49. The molecule has 19 heteroatoms. The maximum Gasteiger partial charge on any atom is 0.262 e. The topological polar surface area (TPSA) is 236 Å². The van der Waals surface area contributed by atoms with Crippen LogP contribution in [0.3, 0.4) is 0 Å². The fourth-order valence-corrected chi connectivity index (χ4v) is 12.9. The van der Waals surface area contributed by atoms with Crippen LogP contribution in [0.15, 0.2) is 78.3 Å². The van der Waals surface area contributed by atoms with E-state index in [9.17, 15) is 9.59 Å². The Hall–Kier alpha value is -6.32. The highest BCUT2D eigenvalue weighted by molar-refractivity contribution is 7.80. The van der Waals surface area contributed by atoms with Crippen LogP contribution in [0.4, 0.5) is 11.4 Å². The van der Waals surface area contributed by atoms with Crippen molar-refractivity contribution in [2.75, 3.05) is 21.3 Å². The molecular weight excluding hydrogens is 909 g/mol. The highest BCUT2D eigenvalue weighted by Gasteiger charge is 2.69. The zero-order chi connectivity index (χ0) is 50.4. The normalized spacial score (nSPS) is 28.9. The molecule has 4 aliphatic carbocycles. The maximum absolute atomic E-state index is 14.3. The Bertz CT molecular complexity index is 2640. The SMILES string of the molecule is CO.NO.[C-]#[N+]c1ccc2c(c1)[C@]1(N=C(N)N(Cc3ncccn3)C1=O)[C@@]1(CC[C@@H](OC)[C@H](CC)C1)C2.[C-]#[N+]c1ccc2c(c1)[C@]1(NC(=S)N(Cc3ncccn3)C1=O)[C@@]1(CC[C@@H](OC)[C@H](CC)C1)C2. The third-order valence-corrected chi connectivity index (χ3v) is 16.1. The van der Waals surface area contributed by atoms with E-state index in [1.165, 1.54) is 4.90 Å². The van der Waals surface area contributed by atoms with E-state index in [0.717, 1.165) is 93.6 Å². The first-order valence-electron chi connectivity index (χ1n) is 23.6. The Morgan fingerprint density at radius 2 is 1.23 bits per heavy atom. The summed E-state index contributed by atoms with van der Waals surface area (Å²) in [6.07, 6.45) is 15.6. The lowest BCUT2D eigenvalue weighted by Crippen LogP contribution is -2.58. The Balaban J connectivity index is 0.000000193. The fraction of sp³-hybridized carbons (Fsp3) is 0.490. The van der Waals surface area contributed by atoms with Gasteiger partial charge in [0, 0.05) is 56.9 Å². The molecule has 2 saturated carbocycles. The molecule has 0 bridgehead atoms. The Morgan fingerprint density at radius 3 is 1.74 bits per heavy atom. The Kier molecular flexibility index (Phi) is 15.7. The smallest absolute Gasteiger partial charge is 0.262 e. The van der Waals surface area contributed by atoms with Crippen LogP contribution in [0.5, 0.6) is 0 Å². The lowest BCUT2D eigenvalue weighted by atomic mass is 9.58. The number of aliphatic hydroxyl groups is 1. The lowest BCUT2D eigenvalue weighted by molar-refractivity contribution is -0.141. The average molecular weight is 971 g/mol. The quantitative estimate of drug-likeness (QED) is 0.0752. The second-order valence-corrected chi connectivity index (χ2v) is 19.1. The minimum Gasteiger partial charge on any atom is -0.400 e. The molecule has 70 heavy (non-hydrogen) atoms. The van der Waals surface area contributed by atoms with Crippen LogP contribution in [-0.2, 0) is 56.1 Å². The fourth-order valence-electron chi connectivity index (χ4n) is 12.6. The van der Waals surface area contributed by atoms with Crippen molar-refractivity contribution in [2.45, 2.75) is 114 Å². The summed E-state index contributed by atoms with van der Waals surface area (Å²) in [6, 6.07) is 14.9. The summed E-state index contributed by atoms with van der Waals surface area (Å²) >= 11 is 5.73. The summed E-state index contributed by atoms with van der Waals surface area (Å²) in [6.45, 7) is 19.8. The number of carbonyl (C=O) groups excluding carboxylic acids is 2. The summed E-state index contributed by atoms with van der Waals surface area (Å²) in [4.78, 5) is 61.1. The number of nitrogens with zero attached hydrogens (tertiary/aromatic N) is 9. The van der Waals surface area contributed by atoms with Gasteiger partial charge < -0.3 is 30.8 Å². The van der Waals surface area contributed by atoms with Crippen molar-refractivity contribution in [3.63, 3.8) is 0 Å². The highest BCUT2D eigenvalue weighted by atomic mass is 32.1. The van der Waals surface area contributed by atoms with Crippen LogP contribution >= 0.6 is 12.2 Å². The first kappa shape index (κ1) is 51.5. The van der Waals surface area contributed by atoms with Crippen molar-refractivity contribution < 1.29 is 29.4 Å². The van der Waals surface area contributed by atoms with Crippen molar-refractivity contribution in [1.29, 1.82) is 0 Å². The summed E-state index contributed by atoms with van der Waals surface area (Å²) in [5.41, 5.74) is 8.53. The standard InChI is InChI=1S/C25H28N6O2.C25H27N5O2S.CH4O.H3NO/c1-4-16-13-24(9-8-20(16)33-3)14-17-6-7-18(27-2)12-19(17)25(24)22(32)31(23(26)30-25)15-21-28-10-5-11-29-21;1-4-16-13-24(9-8-20(16)32-3)14-17-6-7-18(26-2)12-19(17)25(24)22(31)30(23(33)29-25)15-21-27-10-5-11-28-21;2*1-2/h5-7,10-12,16,20H,4,8-9,13-15H2,1,3H3,(H2,26,30);5-7,10-12,16,20H,4,8-9,13-15H2,1,3H3,(H,29,33);2H,1H3;2H,1H2/t2*16-,20-,24-,25-;;/m11../s1. The molecule has 2 amide bonds. The van der Waals surface area contributed by atoms with E-state index < -0.39 is 16.5 Å². The van der Waals surface area contributed by atoms with Gasteiger partial charge in [0.05, 0.1) is 38.4 Å². The van der Waals surface area contributed by atoms with Crippen molar-refractivity contribution in [1.82, 2.24) is 35.1 Å². The summed E-state index contributed by atoms with van der Waals surface area (Å²) in [5, 5.41) is 17.4. The van der Waals surface area contributed by atoms with E-state index in [1.54, 1.807) is 56.0 Å². The van der Waals surface area contributed by atoms with Gasteiger partial charge in [-0.15, -0.1) is 0 Å². The number of hydrogen-bond donors (Lipinski definition) is 5. The molecule has 7 N–H and O–H groups in total. The van der Waals surface area contributed by atoms with Gasteiger partial charge in [0.25, 0.3) is 11.8 Å². The number of nitrogens with two attached hydrogens (primary N) is 2. The number of nitrogens with one attached hydrogen (secondary N) is 1. The van der Waals surface area contributed by atoms with Crippen LogP contribution in [0.2, 0.25) is 0 Å². The molecule has 3 fully saturated rings. The zero-order valence-electron chi connectivity index (χ0n) is 40.3. The van der Waals surface area contributed by atoms with E-state index >= 15 is 0 Å². The van der Waals surface area contributed by atoms with Crippen molar-refractivity contribution in [2.24, 2.45) is 39.3 Å². The summed E-state index contributed by atoms with van der Waals surface area (Å²) in [5.74, 6) is 5.22. The van der Waals surface area contributed by atoms with Gasteiger partial charge in [-0.3, -0.25) is 19.4 Å². The maximum atomic E-state index is 14.3. The second kappa shape index (κ2) is 21.4. The summed E-state index contributed by atoms with van der Waals surface area (Å²) < 4.78 is 11.6. The predicted molar refractivity (Wildman–Crippen MR) is 265 cm³/mol. The zero-order valence-corrected chi connectivity index (χ0v) is 41.2. The molecule has 4 heterocycles. The van der Waals surface area contributed by atoms with Gasteiger partial charge in [-0.05, 0) is 110 Å². The molecule has 0 unspecified atom stereocenters. The number of fused-ring (bicyclic) bond motifs is 6. The molecule has 18 nitrogen and oxygen atoms in total. The van der Waals surface area contributed by atoms with Gasteiger partial charge in [-0.2, -0.15) is 0 Å². The summed E-state index contributed by atoms with van der Waals surface area (Å²) in [7, 11) is 4.55. The number of hydrogen-bond acceptors (Lipinski definition) is 14. The molecule has 368 valence electrons. The molecule has 2 aromatic carbocycles. The van der Waals surface area contributed by atoms with E-state index in [0.29, 0.717) is 40.0 Å². The molecule has 0 radical (unpaired) electrons. The van der Waals surface area contributed by atoms with Gasteiger partial charge >= 0.3 is 0 Å². The van der Waals surface area contributed by atoms with Crippen LogP contribution in [0.1, 0.15) is 99.1 Å². The average Bonchev–Trinajstić information content (AvgIpc) is 4.02. The molecule has 10 rings (SSSR count). The van der Waals surface area contributed by atoms with Crippen LogP contribution < -0.4 is 16.9 Å². The minimum absolute atomic E-state index is 0.0634. The van der Waals surface area contributed by atoms with E-state index in [4.69, 9.17) is 55.9 Å². The number of rotatable bonds is 8. The second-order valence-electron chi connectivity index (χ2n) is 18.7. The predicted octanol–water partition coefficient (Wildman–Crippen LogP) is 6.20. The molecule has 6 aliphatic rings. The van der Waals surface area contributed by atoms with Gasteiger partial charge in [-0.1, -0.05) is 63.1 Å². The van der Waals surface area contributed by atoms with Crippen LogP contribution in [0, 0.1) is 35.8 Å². The number of methoxy groups -OCH3 is 2. The number of aliphatic hydroxyl groups excluding tert-OH is 1. The van der Waals surface area contributed by atoms with Crippen LogP contribution in [-0.4, -0.2) is 96.5 Å². The third-order valence-electron chi connectivity index (χ3n) is 15.7. The molecule has 1 saturated heterocycles. The number of amides is 2. The third kappa shape index (κ3) is 8.48. The first-order chi connectivity index (χ1) is 33.9. The minimum atomic E-state index is -1.13. The Morgan fingerprint density at radius 1 is 0.757 bits per heavy atom. The van der Waals surface area contributed by atoms with Crippen molar-refractivity contribution >= 4 is 46.5 Å². The number of thiocarbonyl (C=S) groups is 1. The first-order valence-corrected chi connectivity index (χ1v) is 24.0. The highest BCUT2D eigenvalue weighted by Crippen LogP contribution is 2.64. The number of aromatic nitrogens is 4. The van der Waals surface area contributed by atoms with E-state index in [1.807, 2.05) is 36.4 Å². The van der Waals surface area contributed by atoms with E-state index in [2.05, 4.69) is 54.7 Å². The molecule has 2 aliphatic heterocycles. The molecular formula is C51H62N12O6S. The molecule has 8 atom stereocenters. The van der Waals surface area contributed by atoms with Crippen LogP contribution in [0.25, 0.3) is 9.69 Å². The van der Waals surface area contributed by atoms with Crippen molar-refractivity contribution in [3.8, 4) is 0 Å². The molecule has 2 aromatic heterocycles. The number of guanidine groups is 1. The van der Waals surface area contributed by atoms with Gasteiger partial charge in [0.15, 0.2) is 28.0 Å². The molecule has 4 aromatic rings. The van der Waals surface area contributed by atoms with Gasteiger partial charge in [0.1, 0.15) is 17.2 Å².